The van der Waals surface area contributed by atoms with Gasteiger partial charge in [-0.1, -0.05) is 13.8 Å². The molecular formula is C15H30N2. The lowest BCUT2D eigenvalue weighted by Crippen LogP contribution is -2.36. The molecule has 2 aliphatic rings. The molecule has 0 saturated heterocycles. The van der Waals surface area contributed by atoms with E-state index in [-0.39, 0.29) is 0 Å². The maximum Gasteiger partial charge on any atom is 0.00415 e. The topological polar surface area (TPSA) is 52.0 Å². The van der Waals surface area contributed by atoms with E-state index in [0.717, 1.165) is 23.7 Å². The van der Waals surface area contributed by atoms with Gasteiger partial charge < -0.3 is 11.5 Å². The van der Waals surface area contributed by atoms with E-state index in [0.29, 0.717) is 12.1 Å². The van der Waals surface area contributed by atoms with Crippen LogP contribution in [-0.4, -0.2) is 12.1 Å². The van der Waals surface area contributed by atoms with E-state index in [1.165, 1.54) is 44.9 Å². The predicted octanol–water partition coefficient (Wildman–Crippen LogP) is 2.90. The van der Waals surface area contributed by atoms with Crippen molar-refractivity contribution in [2.45, 2.75) is 70.9 Å². The molecule has 2 heteroatoms. The Kier molecular flexibility index (Phi) is 4.48. The number of rotatable bonds is 2. The summed E-state index contributed by atoms with van der Waals surface area (Å²) in [6.07, 6.45) is 9.12. The second-order valence-electron chi connectivity index (χ2n) is 6.86. The van der Waals surface area contributed by atoms with E-state index >= 15 is 0 Å². The Bertz CT molecular complexity index is 217. The van der Waals surface area contributed by atoms with Crippen molar-refractivity contribution >= 4 is 0 Å². The van der Waals surface area contributed by atoms with Crippen LogP contribution < -0.4 is 11.5 Å². The maximum absolute atomic E-state index is 6.05. The zero-order chi connectivity index (χ0) is 12.4. The van der Waals surface area contributed by atoms with Crippen LogP contribution in [0.3, 0.4) is 0 Å². The van der Waals surface area contributed by atoms with Gasteiger partial charge >= 0.3 is 0 Å². The van der Waals surface area contributed by atoms with Crippen molar-refractivity contribution in [3.05, 3.63) is 0 Å². The first kappa shape index (κ1) is 13.4. The third-order valence-corrected chi connectivity index (χ3v) is 5.38. The summed E-state index contributed by atoms with van der Waals surface area (Å²) in [7, 11) is 0. The van der Waals surface area contributed by atoms with Gasteiger partial charge in [0, 0.05) is 12.1 Å². The highest BCUT2D eigenvalue weighted by Gasteiger charge is 2.32. The summed E-state index contributed by atoms with van der Waals surface area (Å²) in [4.78, 5) is 0. The fourth-order valence-corrected chi connectivity index (χ4v) is 4.09. The van der Waals surface area contributed by atoms with Crippen molar-refractivity contribution in [2.24, 2.45) is 35.1 Å². The average Bonchev–Trinajstić information content (AvgIpc) is 2.25. The molecule has 2 aliphatic carbocycles. The molecule has 0 aliphatic heterocycles. The monoisotopic (exact) mass is 238 g/mol. The van der Waals surface area contributed by atoms with Gasteiger partial charge in [-0.2, -0.15) is 0 Å². The summed E-state index contributed by atoms with van der Waals surface area (Å²) in [5.41, 5.74) is 12.1. The fourth-order valence-electron chi connectivity index (χ4n) is 4.09. The van der Waals surface area contributed by atoms with Crippen molar-refractivity contribution in [1.29, 1.82) is 0 Å². The molecule has 0 spiro atoms. The molecule has 0 aromatic rings. The van der Waals surface area contributed by atoms with E-state index in [2.05, 4.69) is 13.8 Å². The molecule has 4 N–H and O–H groups in total. The molecule has 0 heterocycles. The van der Waals surface area contributed by atoms with E-state index in [1.807, 2.05) is 0 Å². The van der Waals surface area contributed by atoms with Crippen molar-refractivity contribution in [3.8, 4) is 0 Å². The highest BCUT2D eigenvalue weighted by molar-refractivity contribution is 4.85. The minimum Gasteiger partial charge on any atom is -0.328 e. The Balaban J connectivity index is 1.84. The van der Waals surface area contributed by atoms with Crippen LogP contribution >= 0.6 is 0 Å². The van der Waals surface area contributed by atoms with Crippen LogP contribution in [0.2, 0.25) is 0 Å². The lowest BCUT2D eigenvalue weighted by molar-refractivity contribution is 0.139. The Hall–Kier alpha value is -0.0800. The van der Waals surface area contributed by atoms with Crippen LogP contribution in [0.5, 0.6) is 0 Å². The van der Waals surface area contributed by atoms with Gasteiger partial charge in [-0.3, -0.25) is 0 Å². The van der Waals surface area contributed by atoms with Crippen LogP contribution in [0, 0.1) is 23.7 Å². The highest BCUT2D eigenvalue weighted by atomic mass is 14.7. The fraction of sp³-hybridized carbons (Fsp3) is 1.00. The van der Waals surface area contributed by atoms with Crippen LogP contribution in [0.1, 0.15) is 58.8 Å². The number of nitrogens with two attached hydrogens (primary N) is 2. The quantitative estimate of drug-likeness (QED) is 0.777. The van der Waals surface area contributed by atoms with Crippen LogP contribution in [0.15, 0.2) is 0 Å². The number of hydrogen-bond donors (Lipinski definition) is 2. The Morgan fingerprint density at radius 2 is 1.18 bits per heavy atom. The first-order chi connectivity index (χ1) is 8.06. The molecule has 0 amide bonds. The summed E-state index contributed by atoms with van der Waals surface area (Å²) in [5, 5.41) is 0. The predicted molar refractivity (Wildman–Crippen MR) is 73.6 cm³/mol. The average molecular weight is 238 g/mol. The summed E-state index contributed by atoms with van der Waals surface area (Å²) in [5.74, 6) is 3.52. The van der Waals surface area contributed by atoms with Gasteiger partial charge in [0.15, 0.2) is 0 Å². The first-order valence-electron chi connectivity index (χ1n) is 7.57. The molecular weight excluding hydrogens is 208 g/mol. The van der Waals surface area contributed by atoms with Gasteiger partial charge in [0.25, 0.3) is 0 Å². The van der Waals surface area contributed by atoms with E-state index in [1.54, 1.807) is 0 Å². The van der Waals surface area contributed by atoms with Gasteiger partial charge in [0.05, 0.1) is 0 Å². The van der Waals surface area contributed by atoms with Crippen LogP contribution in [0.25, 0.3) is 0 Å². The van der Waals surface area contributed by atoms with Crippen molar-refractivity contribution < 1.29 is 0 Å². The first-order valence-corrected chi connectivity index (χ1v) is 7.57. The molecule has 0 radical (unpaired) electrons. The van der Waals surface area contributed by atoms with Crippen LogP contribution in [0.4, 0.5) is 0 Å². The van der Waals surface area contributed by atoms with Crippen LogP contribution in [-0.2, 0) is 0 Å². The minimum absolute atomic E-state index is 0.471. The van der Waals surface area contributed by atoms with Gasteiger partial charge in [-0.25, -0.2) is 0 Å². The molecule has 2 rings (SSSR count). The molecule has 0 aromatic carbocycles. The molecule has 2 nitrogen and oxygen atoms in total. The lowest BCUT2D eigenvalue weighted by Gasteiger charge is -2.39. The van der Waals surface area contributed by atoms with Crippen molar-refractivity contribution in [3.63, 3.8) is 0 Å². The summed E-state index contributed by atoms with van der Waals surface area (Å²) < 4.78 is 0. The molecule has 2 saturated carbocycles. The Labute approximate surface area is 107 Å². The smallest absolute Gasteiger partial charge is 0.00415 e. The maximum atomic E-state index is 6.05. The minimum atomic E-state index is 0.471. The molecule has 100 valence electrons. The lowest BCUT2D eigenvalue weighted by atomic mass is 9.68. The second kappa shape index (κ2) is 5.71. The highest BCUT2D eigenvalue weighted by Crippen LogP contribution is 2.39. The third kappa shape index (κ3) is 3.45. The molecule has 6 atom stereocenters. The summed E-state index contributed by atoms with van der Waals surface area (Å²) in [6.45, 7) is 4.81. The largest absolute Gasteiger partial charge is 0.328 e. The third-order valence-electron chi connectivity index (χ3n) is 5.38. The molecule has 2 fully saturated rings. The molecule has 6 unspecified atom stereocenters. The zero-order valence-electron chi connectivity index (χ0n) is 11.6. The van der Waals surface area contributed by atoms with Gasteiger partial charge in [0.2, 0.25) is 0 Å². The second-order valence-corrected chi connectivity index (χ2v) is 6.86. The van der Waals surface area contributed by atoms with Crippen molar-refractivity contribution in [1.82, 2.24) is 0 Å². The summed E-state index contributed by atoms with van der Waals surface area (Å²) in [6, 6.07) is 0.942. The Morgan fingerprint density at radius 1 is 0.765 bits per heavy atom. The zero-order valence-corrected chi connectivity index (χ0v) is 11.6. The summed E-state index contributed by atoms with van der Waals surface area (Å²) >= 11 is 0. The van der Waals surface area contributed by atoms with Gasteiger partial charge in [0.1, 0.15) is 0 Å². The molecule has 17 heavy (non-hydrogen) atoms. The van der Waals surface area contributed by atoms with E-state index < -0.39 is 0 Å². The Morgan fingerprint density at radius 3 is 1.53 bits per heavy atom. The van der Waals surface area contributed by atoms with Gasteiger partial charge in [-0.05, 0) is 68.6 Å². The van der Waals surface area contributed by atoms with Crippen molar-refractivity contribution in [2.75, 3.05) is 0 Å². The molecule has 0 aromatic heterocycles. The van der Waals surface area contributed by atoms with E-state index in [9.17, 15) is 0 Å². The van der Waals surface area contributed by atoms with E-state index in [4.69, 9.17) is 11.5 Å². The molecule has 0 bridgehead atoms. The number of hydrogen-bond acceptors (Lipinski definition) is 2. The standard InChI is InChI=1S/C15H30N2/c1-10-7-14(16)5-3-12(10)9-13-4-6-15(17)8-11(13)2/h10-15H,3-9,16-17H2,1-2H3. The normalized spacial score (nSPS) is 48.0. The SMILES string of the molecule is CC1CC(N)CCC1CC1CCC(N)CC1C. The van der Waals surface area contributed by atoms with Gasteiger partial charge in [-0.15, -0.1) is 0 Å².